The lowest BCUT2D eigenvalue weighted by atomic mass is 10.1. The van der Waals surface area contributed by atoms with Crippen LogP contribution in [0.15, 0.2) is 60.7 Å². The number of carbonyl (C=O) groups excluding carboxylic acids is 2. The molecular formula is C26H28N2O6. The Morgan fingerprint density at radius 2 is 1.03 bits per heavy atom. The molecule has 2 N–H and O–H groups in total. The highest BCUT2D eigenvalue weighted by atomic mass is 16.5. The second kappa shape index (κ2) is 11.6. The van der Waals surface area contributed by atoms with Crippen molar-refractivity contribution < 1.29 is 28.5 Å². The van der Waals surface area contributed by atoms with Crippen LogP contribution in [0.25, 0.3) is 0 Å². The number of hydrogen-bond donors (Lipinski definition) is 2. The molecule has 0 heterocycles. The zero-order valence-electron chi connectivity index (χ0n) is 19.6. The highest BCUT2D eigenvalue weighted by Gasteiger charge is 2.17. The van der Waals surface area contributed by atoms with Crippen LogP contribution in [0.4, 0.5) is 0 Å². The summed E-state index contributed by atoms with van der Waals surface area (Å²) in [4.78, 5) is 25.4. The van der Waals surface area contributed by atoms with Gasteiger partial charge in [0.1, 0.15) is 0 Å². The van der Waals surface area contributed by atoms with Crippen LogP contribution in [-0.4, -0.2) is 40.3 Å². The maximum absolute atomic E-state index is 12.7. The SMILES string of the molecule is COc1cccc(C(=O)NCc2cccc(CNC(=O)c3cccc(OC)c3OC)c2)c1OC. The van der Waals surface area contributed by atoms with Crippen LogP contribution >= 0.6 is 0 Å². The molecule has 3 rings (SSSR count). The van der Waals surface area contributed by atoms with E-state index in [4.69, 9.17) is 18.9 Å². The zero-order valence-corrected chi connectivity index (χ0v) is 19.6. The first-order chi connectivity index (χ1) is 16.5. The van der Waals surface area contributed by atoms with E-state index in [1.54, 1.807) is 36.4 Å². The minimum atomic E-state index is -0.278. The average molecular weight is 465 g/mol. The van der Waals surface area contributed by atoms with Gasteiger partial charge in [0.15, 0.2) is 23.0 Å². The zero-order chi connectivity index (χ0) is 24.5. The number of benzene rings is 3. The summed E-state index contributed by atoms with van der Waals surface area (Å²) in [5.74, 6) is 1.18. The third-order valence-electron chi connectivity index (χ3n) is 5.19. The minimum absolute atomic E-state index is 0.278. The molecule has 0 saturated carbocycles. The van der Waals surface area contributed by atoms with Gasteiger partial charge in [-0.15, -0.1) is 0 Å². The van der Waals surface area contributed by atoms with Gasteiger partial charge >= 0.3 is 0 Å². The lowest BCUT2D eigenvalue weighted by Gasteiger charge is -2.14. The van der Waals surface area contributed by atoms with Gasteiger partial charge in [0.25, 0.3) is 11.8 Å². The fourth-order valence-electron chi connectivity index (χ4n) is 3.54. The quantitative estimate of drug-likeness (QED) is 0.476. The second-order valence-electron chi connectivity index (χ2n) is 7.27. The van der Waals surface area contributed by atoms with E-state index in [0.717, 1.165) is 11.1 Å². The molecule has 0 unspecified atom stereocenters. The summed E-state index contributed by atoms with van der Waals surface area (Å²) in [6.45, 7) is 0.620. The Labute approximate surface area is 198 Å². The molecule has 8 nitrogen and oxygen atoms in total. The van der Waals surface area contributed by atoms with E-state index < -0.39 is 0 Å². The van der Waals surface area contributed by atoms with Gasteiger partial charge in [0.05, 0.1) is 39.6 Å². The predicted molar refractivity (Wildman–Crippen MR) is 128 cm³/mol. The van der Waals surface area contributed by atoms with Crippen LogP contribution < -0.4 is 29.6 Å². The molecule has 0 radical (unpaired) electrons. The number of para-hydroxylation sites is 2. The third-order valence-corrected chi connectivity index (χ3v) is 5.19. The van der Waals surface area contributed by atoms with Crippen molar-refractivity contribution in [3.8, 4) is 23.0 Å². The summed E-state index contributed by atoms with van der Waals surface area (Å²) in [5, 5.41) is 5.79. The van der Waals surface area contributed by atoms with Crippen LogP contribution in [-0.2, 0) is 13.1 Å². The van der Waals surface area contributed by atoms with Gasteiger partial charge in [-0.05, 0) is 35.4 Å². The molecule has 0 fully saturated rings. The fraction of sp³-hybridized carbons (Fsp3) is 0.231. The molecule has 0 saturated heterocycles. The predicted octanol–water partition coefficient (Wildman–Crippen LogP) is 3.58. The molecule has 0 atom stereocenters. The number of carbonyl (C=O) groups is 2. The Morgan fingerprint density at radius 1 is 0.618 bits per heavy atom. The van der Waals surface area contributed by atoms with Gasteiger partial charge in [-0.2, -0.15) is 0 Å². The van der Waals surface area contributed by atoms with E-state index >= 15 is 0 Å². The van der Waals surface area contributed by atoms with Crippen LogP contribution in [0.3, 0.4) is 0 Å². The first-order valence-corrected chi connectivity index (χ1v) is 10.6. The first-order valence-electron chi connectivity index (χ1n) is 10.6. The summed E-state index contributed by atoms with van der Waals surface area (Å²) in [5.41, 5.74) is 2.55. The Bertz CT molecular complexity index is 1080. The van der Waals surface area contributed by atoms with Crippen molar-refractivity contribution in [3.63, 3.8) is 0 Å². The monoisotopic (exact) mass is 464 g/mol. The highest BCUT2D eigenvalue weighted by molar-refractivity contribution is 5.98. The normalized spacial score (nSPS) is 10.2. The van der Waals surface area contributed by atoms with E-state index in [1.165, 1.54) is 28.4 Å². The summed E-state index contributed by atoms with van der Waals surface area (Å²) in [6.07, 6.45) is 0. The molecule has 0 aliphatic rings. The van der Waals surface area contributed by atoms with Crippen molar-refractivity contribution in [1.82, 2.24) is 10.6 Å². The van der Waals surface area contributed by atoms with E-state index in [0.29, 0.717) is 47.2 Å². The van der Waals surface area contributed by atoms with Crippen molar-refractivity contribution in [2.75, 3.05) is 28.4 Å². The minimum Gasteiger partial charge on any atom is -0.493 e. The van der Waals surface area contributed by atoms with Gasteiger partial charge in [-0.3, -0.25) is 9.59 Å². The number of methoxy groups -OCH3 is 4. The van der Waals surface area contributed by atoms with Gasteiger partial charge in [0, 0.05) is 13.1 Å². The smallest absolute Gasteiger partial charge is 0.255 e. The molecule has 178 valence electrons. The molecule has 0 spiro atoms. The number of ether oxygens (including phenoxy) is 4. The lowest BCUT2D eigenvalue weighted by Crippen LogP contribution is -2.24. The Morgan fingerprint density at radius 3 is 1.41 bits per heavy atom. The van der Waals surface area contributed by atoms with E-state index in [-0.39, 0.29) is 11.8 Å². The Hall–Kier alpha value is -4.20. The molecule has 34 heavy (non-hydrogen) atoms. The summed E-state index contributed by atoms with van der Waals surface area (Å²) in [6, 6.07) is 17.9. The van der Waals surface area contributed by atoms with E-state index in [1.807, 2.05) is 24.3 Å². The summed E-state index contributed by atoms with van der Waals surface area (Å²) < 4.78 is 21.2. The van der Waals surface area contributed by atoms with Gasteiger partial charge in [-0.25, -0.2) is 0 Å². The molecular weight excluding hydrogens is 436 g/mol. The summed E-state index contributed by atoms with van der Waals surface area (Å²) in [7, 11) is 6.03. The van der Waals surface area contributed by atoms with Gasteiger partial charge in [0.2, 0.25) is 0 Å². The fourth-order valence-corrected chi connectivity index (χ4v) is 3.54. The Balaban J connectivity index is 1.64. The van der Waals surface area contributed by atoms with Crippen LogP contribution in [0.1, 0.15) is 31.8 Å². The molecule has 3 aromatic rings. The van der Waals surface area contributed by atoms with Gasteiger partial charge in [-0.1, -0.05) is 36.4 Å². The Kier molecular flexibility index (Phi) is 8.34. The van der Waals surface area contributed by atoms with Crippen LogP contribution in [0.2, 0.25) is 0 Å². The average Bonchev–Trinajstić information content (AvgIpc) is 2.89. The summed E-state index contributed by atoms with van der Waals surface area (Å²) >= 11 is 0. The maximum Gasteiger partial charge on any atom is 0.255 e. The number of rotatable bonds is 10. The number of amides is 2. The van der Waals surface area contributed by atoms with E-state index in [2.05, 4.69) is 10.6 Å². The largest absolute Gasteiger partial charge is 0.493 e. The molecule has 0 aliphatic heterocycles. The second-order valence-corrected chi connectivity index (χ2v) is 7.27. The highest BCUT2D eigenvalue weighted by Crippen LogP contribution is 2.31. The molecule has 2 amide bonds. The molecule has 0 aliphatic carbocycles. The van der Waals surface area contributed by atoms with Crippen molar-refractivity contribution in [2.24, 2.45) is 0 Å². The van der Waals surface area contributed by atoms with Crippen molar-refractivity contribution in [1.29, 1.82) is 0 Å². The van der Waals surface area contributed by atoms with Crippen molar-refractivity contribution in [3.05, 3.63) is 82.9 Å². The molecule has 0 bridgehead atoms. The van der Waals surface area contributed by atoms with Crippen LogP contribution in [0.5, 0.6) is 23.0 Å². The first kappa shape index (κ1) is 24.4. The van der Waals surface area contributed by atoms with Crippen LogP contribution in [0, 0.1) is 0 Å². The van der Waals surface area contributed by atoms with E-state index in [9.17, 15) is 9.59 Å². The standard InChI is InChI=1S/C26H28N2O6/c1-31-21-12-6-10-19(23(21)33-3)25(29)27-15-17-8-5-9-18(14-17)16-28-26(30)20-11-7-13-22(32-2)24(20)34-4/h5-14H,15-16H2,1-4H3,(H,27,29)(H,28,30). The molecule has 0 aromatic heterocycles. The molecule has 3 aromatic carbocycles. The third kappa shape index (κ3) is 5.58. The number of hydrogen-bond acceptors (Lipinski definition) is 6. The topological polar surface area (TPSA) is 95.1 Å². The lowest BCUT2D eigenvalue weighted by molar-refractivity contribution is 0.0939. The molecule has 8 heteroatoms. The number of nitrogens with one attached hydrogen (secondary N) is 2. The maximum atomic E-state index is 12.7. The van der Waals surface area contributed by atoms with Crippen molar-refractivity contribution in [2.45, 2.75) is 13.1 Å². The van der Waals surface area contributed by atoms with Crippen molar-refractivity contribution >= 4 is 11.8 Å². The van der Waals surface area contributed by atoms with Gasteiger partial charge < -0.3 is 29.6 Å².